The van der Waals surface area contributed by atoms with Crippen LogP contribution in [0, 0.1) is 0 Å². The summed E-state index contributed by atoms with van der Waals surface area (Å²) in [6.45, 7) is 0.596. The molecule has 2 aromatic carbocycles. The number of nitrogens with zero attached hydrogens (tertiary/aromatic N) is 4. The summed E-state index contributed by atoms with van der Waals surface area (Å²) >= 11 is 0. The van der Waals surface area contributed by atoms with Crippen molar-refractivity contribution in [3.05, 3.63) is 78.2 Å². The number of carboxylic acid groups (broad SMARTS) is 1. The molecular weight excluding hydrogens is 524 g/mol. The van der Waals surface area contributed by atoms with E-state index in [1.54, 1.807) is 18.3 Å². The average Bonchev–Trinajstić information content (AvgIpc) is 3.42. The molecule has 2 aliphatic rings. The van der Waals surface area contributed by atoms with E-state index < -0.39 is 23.8 Å². The number of hydrogen-bond donors (Lipinski definition) is 3. The van der Waals surface area contributed by atoms with Crippen LogP contribution in [0.3, 0.4) is 0 Å². The third-order valence-electron chi connectivity index (χ3n) is 8.42. The van der Waals surface area contributed by atoms with Gasteiger partial charge in [-0.1, -0.05) is 73.5 Å². The molecule has 0 unspecified atom stereocenters. The number of hydrogen-bond acceptors (Lipinski definition) is 6. The van der Waals surface area contributed by atoms with Gasteiger partial charge in [-0.3, -0.25) is 4.79 Å². The van der Waals surface area contributed by atoms with Crippen LogP contribution in [-0.2, 0) is 4.74 Å². The lowest BCUT2D eigenvalue weighted by atomic mass is 9.80. The Balaban J connectivity index is 1.52. The molecule has 0 bridgehead atoms. The van der Waals surface area contributed by atoms with Crippen molar-refractivity contribution in [1.29, 1.82) is 0 Å². The molecule has 10 heteroatoms. The first kappa shape index (κ1) is 28.8. The van der Waals surface area contributed by atoms with Crippen LogP contribution in [0.25, 0.3) is 11.3 Å². The van der Waals surface area contributed by atoms with Gasteiger partial charge in [-0.15, -0.1) is 0 Å². The Kier molecular flexibility index (Phi) is 8.72. The quantitative estimate of drug-likeness (QED) is 0.379. The first-order chi connectivity index (χ1) is 19.8. The summed E-state index contributed by atoms with van der Waals surface area (Å²) in [6.07, 6.45) is 3.00. The summed E-state index contributed by atoms with van der Waals surface area (Å²) < 4.78 is 7.33. The number of rotatable bonds is 8. The molecule has 2 fully saturated rings. The van der Waals surface area contributed by atoms with E-state index in [4.69, 9.17) is 4.74 Å². The molecule has 1 aromatic heterocycles. The highest BCUT2D eigenvalue weighted by atomic mass is 16.5. The summed E-state index contributed by atoms with van der Waals surface area (Å²) in [5.74, 6) is -0.330. The van der Waals surface area contributed by atoms with Gasteiger partial charge >= 0.3 is 6.09 Å². The molecule has 10 nitrogen and oxygen atoms in total. The lowest BCUT2D eigenvalue weighted by molar-refractivity contribution is -0.0893. The molecule has 1 aliphatic heterocycles. The second-order valence-corrected chi connectivity index (χ2v) is 11.1. The van der Waals surface area contributed by atoms with E-state index in [1.807, 2.05) is 65.2 Å². The molecule has 0 spiro atoms. The molecule has 3 aromatic rings. The summed E-state index contributed by atoms with van der Waals surface area (Å²) in [4.78, 5) is 33.7. The third kappa shape index (κ3) is 6.00. The Labute approximate surface area is 239 Å². The van der Waals surface area contributed by atoms with Crippen LogP contribution in [0.1, 0.15) is 60.3 Å². The van der Waals surface area contributed by atoms with E-state index in [-0.39, 0.29) is 50.3 Å². The number of carbonyl (C=O) groups excluding carboxylic acids is 1. The van der Waals surface area contributed by atoms with Crippen LogP contribution in [0.2, 0.25) is 0 Å². The fourth-order valence-electron chi connectivity index (χ4n) is 6.36. The van der Waals surface area contributed by atoms with Gasteiger partial charge in [-0.25, -0.2) is 9.78 Å². The molecule has 2 amide bonds. The second kappa shape index (κ2) is 12.4. The molecule has 2 heterocycles. The smallest absolute Gasteiger partial charge is 0.407 e. The fraction of sp³-hybridized carbons (Fsp3) is 0.452. The second-order valence-electron chi connectivity index (χ2n) is 11.1. The van der Waals surface area contributed by atoms with Crippen molar-refractivity contribution in [2.24, 2.45) is 0 Å². The van der Waals surface area contributed by atoms with E-state index in [2.05, 4.69) is 4.98 Å². The van der Waals surface area contributed by atoms with Crippen LogP contribution in [0.4, 0.5) is 4.79 Å². The summed E-state index contributed by atoms with van der Waals surface area (Å²) in [7, 11) is 1.57. The molecule has 41 heavy (non-hydrogen) atoms. The van der Waals surface area contributed by atoms with Gasteiger partial charge in [-0.2, -0.15) is 0 Å². The number of ether oxygens (including phenoxy) is 1. The zero-order valence-electron chi connectivity index (χ0n) is 23.3. The van der Waals surface area contributed by atoms with E-state index in [0.717, 1.165) is 18.4 Å². The Morgan fingerprint density at radius 2 is 1.78 bits per heavy atom. The zero-order chi connectivity index (χ0) is 29.0. The van der Waals surface area contributed by atoms with Crippen molar-refractivity contribution in [3.63, 3.8) is 0 Å². The minimum Gasteiger partial charge on any atom is -0.465 e. The van der Waals surface area contributed by atoms with Crippen LogP contribution < -0.4 is 0 Å². The number of aromatic nitrogens is 2. The Morgan fingerprint density at radius 3 is 2.46 bits per heavy atom. The number of benzene rings is 2. The lowest BCUT2D eigenvalue weighted by Gasteiger charge is -2.41. The maximum Gasteiger partial charge on any atom is 0.407 e. The van der Waals surface area contributed by atoms with Crippen molar-refractivity contribution in [2.75, 3.05) is 33.4 Å². The summed E-state index contributed by atoms with van der Waals surface area (Å²) in [6, 6.07) is 17.8. The Bertz CT molecular complexity index is 1330. The van der Waals surface area contributed by atoms with Gasteiger partial charge in [0, 0.05) is 32.3 Å². The molecule has 3 N–H and O–H groups in total. The SMILES string of the molecule is COC[C@]1(O)CCCC[C@H]1n1cnc(C(=O)N2CCN(C(=O)O)C[C@H]2C[C@H](O)c2ccccc2)c1-c1ccccc1. The first-order valence-electron chi connectivity index (χ1n) is 14.2. The number of carbonyl (C=O) groups is 2. The standard InChI is InChI=1S/C31H38N4O6/c1-41-20-31(40)15-9-8-14-26(31)35-21-32-27(28(35)23-12-6-3-7-13-23)29(37)34-17-16-33(30(38)39)19-24(34)18-25(36)22-10-4-2-5-11-22/h2-7,10-13,21,24-26,36,40H,8-9,14-20H2,1H3,(H,38,39)/t24-,25+,26-,31-/m1/s1. The maximum absolute atomic E-state index is 14.3. The number of methoxy groups -OCH3 is 1. The van der Waals surface area contributed by atoms with Gasteiger partial charge in [0.05, 0.1) is 36.8 Å². The summed E-state index contributed by atoms with van der Waals surface area (Å²) in [5, 5.41) is 32.3. The largest absolute Gasteiger partial charge is 0.465 e. The predicted octanol–water partition coefficient (Wildman–Crippen LogP) is 3.97. The fourth-order valence-corrected chi connectivity index (χ4v) is 6.36. The third-order valence-corrected chi connectivity index (χ3v) is 8.42. The van der Waals surface area contributed by atoms with Crippen molar-refractivity contribution < 1.29 is 29.6 Å². The molecule has 4 atom stereocenters. The van der Waals surface area contributed by atoms with Crippen molar-refractivity contribution in [3.8, 4) is 11.3 Å². The molecule has 1 saturated heterocycles. The molecule has 1 saturated carbocycles. The minimum absolute atomic E-state index is 0.0859. The maximum atomic E-state index is 14.3. The van der Waals surface area contributed by atoms with Gasteiger partial charge in [0.15, 0.2) is 5.69 Å². The van der Waals surface area contributed by atoms with Crippen LogP contribution in [0.15, 0.2) is 67.0 Å². The zero-order valence-corrected chi connectivity index (χ0v) is 23.3. The first-order valence-corrected chi connectivity index (χ1v) is 14.2. The van der Waals surface area contributed by atoms with E-state index in [0.29, 0.717) is 24.1 Å². The predicted molar refractivity (Wildman–Crippen MR) is 152 cm³/mol. The minimum atomic E-state index is -1.10. The highest BCUT2D eigenvalue weighted by molar-refractivity contribution is 5.98. The number of aliphatic hydroxyl groups excluding tert-OH is 1. The van der Waals surface area contributed by atoms with Gasteiger partial charge in [-0.05, 0) is 24.8 Å². The Morgan fingerprint density at radius 1 is 1.07 bits per heavy atom. The van der Waals surface area contributed by atoms with Gasteiger partial charge in [0.1, 0.15) is 5.60 Å². The summed E-state index contributed by atoms with van der Waals surface area (Å²) in [5.41, 5.74) is 1.25. The lowest BCUT2D eigenvalue weighted by Crippen LogP contribution is -2.56. The van der Waals surface area contributed by atoms with E-state index >= 15 is 0 Å². The Hall–Kier alpha value is -3.73. The van der Waals surface area contributed by atoms with Crippen LogP contribution in [-0.4, -0.2) is 91.7 Å². The number of imidazole rings is 1. The monoisotopic (exact) mass is 562 g/mol. The normalized spacial score (nSPS) is 23.8. The number of amides is 2. The molecular formula is C31H38N4O6. The van der Waals surface area contributed by atoms with E-state index in [1.165, 1.54) is 4.90 Å². The van der Waals surface area contributed by atoms with Gasteiger partial charge in [0.25, 0.3) is 5.91 Å². The molecule has 0 radical (unpaired) electrons. The average molecular weight is 563 g/mol. The molecule has 218 valence electrons. The van der Waals surface area contributed by atoms with Crippen molar-refractivity contribution >= 4 is 12.0 Å². The van der Waals surface area contributed by atoms with Gasteiger partial charge in [0.2, 0.25) is 0 Å². The topological polar surface area (TPSA) is 128 Å². The van der Waals surface area contributed by atoms with Crippen LogP contribution >= 0.6 is 0 Å². The highest BCUT2D eigenvalue weighted by Gasteiger charge is 2.43. The highest BCUT2D eigenvalue weighted by Crippen LogP contribution is 2.41. The number of aliphatic hydroxyl groups is 2. The van der Waals surface area contributed by atoms with E-state index in [9.17, 15) is 24.9 Å². The van der Waals surface area contributed by atoms with Crippen molar-refractivity contribution in [1.82, 2.24) is 19.4 Å². The molecule has 1 aliphatic carbocycles. The molecule has 5 rings (SSSR count). The van der Waals surface area contributed by atoms with Crippen molar-refractivity contribution in [2.45, 2.75) is 55.9 Å². The van der Waals surface area contributed by atoms with Gasteiger partial charge < -0.3 is 34.4 Å². The van der Waals surface area contributed by atoms with Crippen LogP contribution in [0.5, 0.6) is 0 Å². The number of piperazine rings is 1.